The van der Waals surface area contributed by atoms with E-state index >= 15 is 0 Å². The van der Waals surface area contributed by atoms with Crippen molar-refractivity contribution in [3.63, 3.8) is 0 Å². The maximum atomic E-state index is 13.4. The van der Waals surface area contributed by atoms with Crippen LogP contribution in [0.1, 0.15) is 43.7 Å². The van der Waals surface area contributed by atoms with Gasteiger partial charge in [0.15, 0.2) is 0 Å². The van der Waals surface area contributed by atoms with E-state index in [-0.39, 0.29) is 5.91 Å². The second-order valence-electron chi connectivity index (χ2n) is 8.94. The molecule has 1 N–H and O–H groups in total. The molecule has 0 bridgehead atoms. The fourth-order valence-corrected chi connectivity index (χ4v) is 4.63. The first-order valence-electron chi connectivity index (χ1n) is 11.2. The van der Waals surface area contributed by atoms with Gasteiger partial charge >= 0.3 is 6.18 Å². The third kappa shape index (κ3) is 4.77. The van der Waals surface area contributed by atoms with Crippen molar-refractivity contribution < 1.29 is 22.7 Å². The lowest BCUT2D eigenvalue weighted by atomic mass is 9.73. The quantitative estimate of drug-likeness (QED) is 0.662. The first-order valence-corrected chi connectivity index (χ1v) is 11.2. The molecule has 2 aromatic rings. The summed E-state index contributed by atoms with van der Waals surface area (Å²) in [7, 11) is 0. The number of alkyl halides is 3. The number of nitrogens with one attached hydrogen (secondary N) is 1. The number of piperidine rings is 1. The van der Waals surface area contributed by atoms with Crippen LogP contribution in [0, 0.1) is 5.92 Å². The van der Waals surface area contributed by atoms with E-state index in [4.69, 9.17) is 4.74 Å². The van der Waals surface area contributed by atoms with Gasteiger partial charge in [-0.05, 0) is 67.5 Å². The molecular formula is C25H29F3N2O2. The van der Waals surface area contributed by atoms with Gasteiger partial charge in [-0.1, -0.05) is 25.1 Å². The van der Waals surface area contributed by atoms with Crippen LogP contribution in [0.5, 0.6) is 0 Å². The molecule has 4 rings (SSSR count). The van der Waals surface area contributed by atoms with Gasteiger partial charge in [-0.25, -0.2) is 0 Å². The number of carbonyl (C=O) groups is 1. The Hall–Kier alpha value is -2.54. The molecule has 0 saturated carbocycles. The van der Waals surface area contributed by atoms with Crippen LogP contribution in [0.25, 0.3) is 0 Å². The van der Waals surface area contributed by atoms with Crippen LogP contribution in [0.3, 0.4) is 0 Å². The molecule has 0 atom stereocenters. The molecule has 0 aromatic heterocycles. The maximum absolute atomic E-state index is 13.4. The molecular weight excluding hydrogens is 417 g/mol. The lowest BCUT2D eigenvalue weighted by molar-refractivity contribution is -0.138. The number of hydrogen-bond acceptors (Lipinski definition) is 3. The average molecular weight is 447 g/mol. The van der Waals surface area contributed by atoms with Crippen molar-refractivity contribution in [1.82, 2.24) is 0 Å². The number of anilines is 2. The topological polar surface area (TPSA) is 41.6 Å². The van der Waals surface area contributed by atoms with Gasteiger partial charge in [0.25, 0.3) is 0 Å². The molecule has 0 unspecified atom stereocenters. The lowest BCUT2D eigenvalue weighted by Gasteiger charge is -2.36. The number of rotatable bonds is 4. The molecule has 2 fully saturated rings. The van der Waals surface area contributed by atoms with Gasteiger partial charge in [0.2, 0.25) is 5.91 Å². The number of carbonyl (C=O) groups excluding carboxylic acids is 1. The lowest BCUT2D eigenvalue weighted by Crippen LogP contribution is -2.45. The summed E-state index contributed by atoms with van der Waals surface area (Å²) in [4.78, 5) is 15.8. The largest absolute Gasteiger partial charge is 0.416 e. The van der Waals surface area contributed by atoms with Gasteiger partial charge in [0.05, 0.1) is 11.0 Å². The monoisotopic (exact) mass is 446 g/mol. The first-order chi connectivity index (χ1) is 15.3. The van der Waals surface area contributed by atoms with E-state index in [0.717, 1.165) is 36.8 Å². The Labute approximate surface area is 186 Å². The van der Waals surface area contributed by atoms with Crippen molar-refractivity contribution in [2.75, 3.05) is 36.5 Å². The van der Waals surface area contributed by atoms with Crippen LogP contribution in [-0.4, -0.2) is 32.2 Å². The number of halogens is 3. The standard InChI is InChI=1S/C25H29F3N2O2/c1-18-9-13-30(14-10-18)22-7-5-21(6-8-22)29-23(31)24(11-15-32-16-12-24)19-3-2-4-20(17-19)25(26,27)28/h2-8,17-18H,9-16H2,1H3,(H,29,31). The molecule has 1 amide bonds. The second kappa shape index (κ2) is 9.14. The minimum absolute atomic E-state index is 0.292. The summed E-state index contributed by atoms with van der Waals surface area (Å²) in [6.45, 7) is 4.97. The van der Waals surface area contributed by atoms with Gasteiger partial charge in [-0.2, -0.15) is 13.2 Å². The third-order valence-corrected chi connectivity index (χ3v) is 6.80. The summed E-state index contributed by atoms with van der Waals surface area (Å²) in [6.07, 6.45) is -1.45. The van der Waals surface area contributed by atoms with Gasteiger partial charge < -0.3 is 15.0 Å². The average Bonchev–Trinajstić information content (AvgIpc) is 2.80. The summed E-state index contributed by atoms with van der Waals surface area (Å²) in [5.41, 5.74) is 0.345. The van der Waals surface area contributed by atoms with E-state index in [9.17, 15) is 18.0 Å². The third-order valence-electron chi connectivity index (χ3n) is 6.80. The number of hydrogen-bond donors (Lipinski definition) is 1. The van der Waals surface area contributed by atoms with Crippen molar-refractivity contribution in [1.29, 1.82) is 0 Å². The Bertz CT molecular complexity index is 929. The van der Waals surface area contributed by atoms with E-state index in [0.29, 0.717) is 37.3 Å². The Balaban J connectivity index is 1.54. The zero-order chi connectivity index (χ0) is 22.8. The smallest absolute Gasteiger partial charge is 0.381 e. The minimum Gasteiger partial charge on any atom is -0.381 e. The number of benzene rings is 2. The maximum Gasteiger partial charge on any atom is 0.416 e. The Kier molecular flexibility index (Phi) is 6.47. The van der Waals surface area contributed by atoms with Crippen molar-refractivity contribution in [3.05, 3.63) is 59.7 Å². The van der Waals surface area contributed by atoms with Gasteiger partial charge in [0, 0.05) is 37.7 Å². The number of nitrogens with zero attached hydrogens (tertiary/aromatic N) is 1. The van der Waals surface area contributed by atoms with Crippen molar-refractivity contribution >= 4 is 17.3 Å². The predicted octanol–water partition coefficient (Wildman–Crippen LogP) is 5.63. The first kappa shape index (κ1) is 22.6. The van der Waals surface area contributed by atoms with Crippen LogP contribution in [-0.2, 0) is 21.1 Å². The highest BCUT2D eigenvalue weighted by atomic mass is 19.4. The minimum atomic E-state index is -4.46. The number of amides is 1. The molecule has 0 radical (unpaired) electrons. The summed E-state index contributed by atoms with van der Waals surface area (Å²) in [6, 6.07) is 12.8. The summed E-state index contributed by atoms with van der Waals surface area (Å²) < 4.78 is 45.3. The van der Waals surface area contributed by atoms with E-state index < -0.39 is 17.2 Å². The normalized spacial score (nSPS) is 19.6. The van der Waals surface area contributed by atoms with Crippen molar-refractivity contribution in [3.8, 4) is 0 Å². The van der Waals surface area contributed by atoms with Crippen LogP contribution in [0.4, 0.5) is 24.5 Å². The summed E-state index contributed by atoms with van der Waals surface area (Å²) in [5, 5.41) is 2.95. The highest BCUT2D eigenvalue weighted by molar-refractivity contribution is 5.99. The summed E-state index contributed by atoms with van der Waals surface area (Å²) >= 11 is 0. The van der Waals surface area contributed by atoms with Gasteiger partial charge in [-0.15, -0.1) is 0 Å². The predicted molar refractivity (Wildman–Crippen MR) is 119 cm³/mol. The SMILES string of the molecule is CC1CCN(c2ccc(NC(=O)C3(c4cccc(C(F)(F)F)c4)CCOCC3)cc2)CC1. The van der Waals surface area contributed by atoms with Crippen molar-refractivity contribution in [2.24, 2.45) is 5.92 Å². The van der Waals surface area contributed by atoms with Gasteiger partial charge in [-0.3, -0.25) is 4.79 Å². The summed E-state index contributed by atoms with van der Waals surface area (Å²) in [5.74, 6) is 0.455. The highest BCUT2D eigenvalue weighted by Gasteiger charge is 2.43. The molecule has 2 aliphatic rings. The zero-order valence-electron chi connectivity index (χ0n) is 18.3. The molecule has 2 saturated heterocycles. The van der Waals surface area contributed by atoms with Crippen LogP contribution in [0.2, 0.25) is 0 Å². The van der Waals surface area contributed by atoms with E-state index in [1.54, 1.807) is 6.07 Å². The van der Waals surface area contributed by atoms with Crippen LogP contribution in [0.15, 0.2) is 48.5 Å². The molecule has 32 heavy (non-hydrogen) atoms. The number of ether oxygens (including phenoxy) is 1. The molecule has 172 valence electrons. The van der Waals surface area contributed by atoms with Gasteiger partial charge in [0.1, 0.15) is 0 Å². The molecule has 2 heterocycles. The zero-order valence-corrected chi connectivity index (χ0v) is 18.3. The molecule has 2 aromatic carbocycles. The molecule has 0 spiro atoms. The van der Waals surface area contributed by atoms with E-state index in [1.807, 2.05) is 24.3 Å². The Morgan fingerprint density at radius 3 is 2.34 bits per heavy atom. The van der Waals surface area contributed by atoms with E-state index in [2.05, 4.69) is 17.1 Å². The second-order valence-corrected chi connectivity index (χ2v) is 8.94. The molecule has 7 heteroatoms. The molecule has 0 aliphatic carbocycles. The highest BCUT2D eigenvalue weighted by Crippen LogP contribution is 2.39. The van der Waals surface area contributed by atoms with Crippen molar-refractivity contribution in [2.45, 2.75) is 44.2 Å². The fourth-order valence-electron chi connectivity index (χ4n) is 4.63. The molecule has 4 nitrogen and oxygen atoms in total. The van der Waals surface area contributed by atoms with Crippen LogP contribution < -0.4 is 10.2 Å². The van der Waals surface area contributed by atoms with E-state index in [1.165, 1.54) is 18.9 Å². The molecule has 2 aliphatic heterocycles. The fraction of sp³-hybridized carbons (Fsp3) is 0.480. The van der Waals surface area contributed by atoms with Crippen LogP contribution >= 0.6 is 0 Å². The Morgan fingerprint density at radius 1 is 1.06 bits per heavy atom. The Morgan fingerprint density at radius 2 is 1.72 bits per heavy atom.